The molecule has 1 aliphatic heterocycles. The van der Waals surface area contributed by atoms with Gasteiger partial charge in [-0.25, -0.2) is 0 Å². The van der Waals surface area contributed by atoms with Crippen LogP contribution in [0.2, 0.25) is 0 Å². The maximum Gasteiger partial charge on any atom is 0.324 e. The summed E-state index contributed by atoms with van der Waals surface area (Å²) in [5.74, 6) is -0.195. The van der Waals surface area contributed by atoms with Crippen molar-refractivity contribution >= 4 is 29.5 Å². The van der Waals surface area contributed by atoms with E-state index < -0.39 is 12.0 Å². The fraction of sp³-hybridized carbons (Fsp3) is 0.500. The normalized spacial score (nSPS) is 20.6. The fourth-order valence-electron chi connectivity index (χ4n) is 0.704. The second-order valence-corrected chi connectivity index (χ2v) is 4.35. The van der Waals surface area contributed by atoms with Gasteiger partial charge in [0.2, 0.25) is 0 Å². The first-order valence-corrected chi connectivity index (χ1v) is 5.29. The molecule has 0 fully saturated rings. The highest BCUT2D eigenvalue weighted by molar-refractivity contribution is 8.18. The molecular weight excluding hydrogens is 182 g/mol. The van der Waals surface area contributed by atoms with Crippen molar-refractivity contribution in [2.45, 2.75) is 6.04 Å². The topological polar surface area (TPSA) is 63.3 Å². The van der Waals surface area contributed by atoms with Crippen LogP contribution in [0.4, 0.5) is 0 Å². The van der Waals surface area contributed by atoms with Crippen LogP contribution < -0.4 is 5.73 Å². The highest BCUT2D eigenvalue weighted by atomic mass is 32.2. The smallest absolute Gasteiger partial charge is 0.324 e. The maximum absolute atomic E-state index is 10.4. The second-order valence-electron chi connectivity index (χ2n) is 2.14. The zero-order valence-corrected chi connectivity index (χ0v) is 7.45. The number of carboxylic acid groups (broad SMARTS) is 1. The number of hydrogen-bond acceptors (Lipinski definition) is 4. The van der Waals surface area contributed by atoms with Crippen molar-refractivity contribution in [1.82, 2.24) is 0 Å². The molecule has 1 heterocycles. The van der Waals surface area contributed by atoms with Gasteiger partial charge in [0, 0.05) is 10.8 Å². The highest BCUT2D eigenvalue weighted by Gasteiger charge is 2.18. The Morgan fingerprint density at radius 2 is 2.55 bits per heavy atom. The number of rotatable bonds is 2. The van der Waals surface area contributed by atoms with Gasteiger partial charge in [-0.05, 0) is 11.0 Å². The minimum absolute atomic E-state index is 0.750. The number of thioether (sulfide) groups is 2. The van der Waals surface area contributed by atoms with E-state index in [2.05, 4.69) is 0 Å². The third-order valence-corrected chi connectivity index (χ3v) is 3.54. The van der Waals surface area contributed by atoms with E-state index in [4.69, 9.17) is 10.8 Å². The lowest BCUT2D eigenvalue weighted by Crippen LogP contribution is -2.33. The third-order valence-electron chi connectivity index (χ3n) is 1.32. The first-order chi connectivity index (χ1) is 5.22. The number of carboxylic acids is 1. The van der Waals surface area contributed by atoms with Crippen LogP contribution in [0.3, 0.4) is 0 Å². The van der Waals surface area contributed by atoms with E-state index >= 15 is 0 Å². The molecule has 1 atom stereocenters. The molecule has 0 spiro atoms. The summed E-state index contributed by atoms with van der Waals surface area (Å²) in [4.78, 5) is 10.4. The molecule has 1 aliphatic rings. The van der Waals surface area contributed by atoms with E-state index in [9.17, 15) is 4.79 Å². The molecule has 62 valence electrons. The summed E-state index contributed by atoms with van der Waals surface area (Å²) >= 11 is 3.31. The summed E-state index contributed by atoms with van der Waals surface area (Å²) in [7, 11) is 0. The van der Waals surface area contributed by atoms with Crippen LogP contribution in [0.1, 0.15) is 0 Å². The molecule has 0 radical (unpaired) electrons. The molecule has 0 saturated heterocycles. The van der Waals surface area contributed by atoms with Crippen LogP contribution in [0.25, 0.3) is 0 Å². The van der Waals surface area contributed by atoms with Gasteiger partial charge in [-0.2, -0.15) is 0 Å². The van der Waals surface area contributed by atoms with Crippen LogP contribution in [0, 0.1) is 0 Å². The Bertz CT molecular complexity index is 193. The molecule has 0 saturated carbocycles. The van der Waals surface area contributed by atoms with Gasteiger partial charge in [0.25, 0.3) is 0 Å². The Balaban J connectivity index is 2.58. The summed E-state index contributed by atoms with van der Waals surface area (Å²) in [5, 5.41) is 11.4. The lowest BCUT2D eigenvalue weighted by atomic mass is 10.2. The monoisotopic (exact) mass is 191 g/mol. The zero-order chi connectivity index (χ0) is 8.27. The molecule has 0 bridgehead atoms. The molecule has 0 unspecified atom stereocenters. The molecule has 3 nitrogen and oxygen atoms in total. The minimum Gasteiger partial charge on any atom is -0.480 e. The lowest BCUT2D eigenvalue weighted by Gasteiger charge is -2.14. The van der Waals surface area contributed by atoms with Gasteiger partial charge in [0.05, 0.1) is 0 Å². The Morgan fingerprint density at radius 1 is 1.82 bits per heavy atom. The van der Waals surface area contributed by atoms with Gasteiger partial charge < -0.3 is 10.8 Å². The zero-order valence-electron chi connectivity index (χ0n) is 5.82. The molecule has 3 N–H and O–H groups in total. The van der Waals surface area contributed by atoms with Crippen LogP contribution >= 0.6 is 23.5 Å². The predicted molar refractivity (Wildman–Crippen MR) is 48.6 cm³/mol. The predicted octanol–water partition coefficient (Wildman–Crippen LogP) is 0.720. The van der Waals surface area contributed by atoms with E-state index in [1.807, 2.05) is 5.41 Å². The number of hydrogen-bond donors (Lipinski definition) is 2. The summed E-state index contributed by atoms with van der Waals surface area (Å²) < 4.78 is 0. The Hall–Kier alpha value is -0.130. The number of nitrogens with two attached hydrogens (primary N) is 1. The SMILES string of the molecule is N[C@H](C(=O)O)C1=CSCSC1. The summed E-state index contributed by atoms with van der Waals surface area (Å²) in [6.07, 6.45) is 0. The van der Waals surface area contributed by atoms with E-state index in [-0.39, 0.29) is 0 Å². The quantitative estimate of drug-likeness (QED) is 0.673. The van der Waals surface area contributed by atoms with Crippen LogP contribution in [0.5, 0.6) is 0 Å². The summed E-state index contributed by atoms with van der Waals surface area (Å²) in [6, 6.07) is -0.810. The lowest BCUT2D eigenvalue weighted by molar-refractivity contribution is -0.137. The molecule has 0 aromatic heterocycles. The fourth-order valence-corrected chi connectivity index (χ4v) is 2.74. The largest absolute Gasteiger partial charge is 0.480 e. The standard InChI is InChI=1S/C6H9NO2S2/c7-5(6(8)9)4-1-10-3-11-2-4/h1,5H,2-3,7H2,(H,8,9)/t5-/m0/s1. The van der Waals surface area contributed by atoms with E-state index in [0.29, 0.717) is 0 Å². The average molecular weight is 191 g/mol. The molecular formula is C6H9NO2S2. The number of carbonyl (C=O) groups is 1. The first kappa shape index (κ1) is 8.96. The maximum atomic E-state index is 10.4. The van der Waals surface area contributed by atoms with Gasteiger partial charge >= 0.3 is 5.97 Å². The average Bonchev–Trinajstić information content (AvgIpc) is 2.05. The van der Waals surface area contributed by atoms with Crippen molar-refractivity contribution in [1.29, 1.82) is 0 Å². The molecule has 5 heteroatoms. The molecule has 1 rings (SSSR count). The molecule has 0 aromatic carbocycles. The van der Waals surface area contributed by atoms with Crippen molar-refractivity contribution in [3.05, 3.63) is 11.0 Å². The Labute approximate surface area is 73.4 Å². The van der Waals surface area contributed by atoms with Gasteiger partial charge in [-0.1, -0.05) is 0 Å². The van der Waals surface area contributed by atoms with Gasteiger partial charge in [0.15, 0.2) is 0 Å². The van der Waals surface area contributed by atoms with Crippen LogP contribution in [-0.2, 0) is 4.79 Å². The molecule has 0 aromatic rings. The minimum atomic E-state index is -0.945. The van der Waals surface area contributed by atoms with E-state index in [1.165, 1.54) is 0 Å². The van der Waals surface area contributed by atoms with Crippen LogP contribution in [0.15, 0.2) is 11.0 Å². The van der Waals surface area contributed by atoms with Crippen LogP contribution in [-0.4, -0.2) is 28.0 Å². The van der Waals surface area contributed by atoms with E-state index in [1.54, 1.807) is 23.5 Å². The second kappa shape index (κ2) is 4.04. The Morgan fingerprint density at radius 3 is 3.00 bits per heavy atom. The van der Waals surface area contributed by atoms with Crippen molar-refractivity contribution in [2.75, 3.05) is 10.8 Å². The van der Waals surface area contributed by atoms with Crippen molar-refractivity contribution in [3.8, 4) is 0 Å². The Kier molecular flexibility index (Phi) is 3.29. The summed E-state index contributed by atoms with van der Waals surface area (Å²) in [6.45, 7) is 0. The van der Waals surface area contributed by atoms with Crippen molar-refractivity contribution in [3.63, 3.8) is 0 Å². The van der Waals surface area contributed by atoms with E-state index in [0.717, 1.165) is 16.4 Å². The molecule has 0 amide bonds. The third kappa shape index (κ3) is 2.43. The van der Waals surface area contributed by atoms with Crippen molar-refractivity contribution < 1.29 is 9.90 Å². The van der Waals surface area contributed by atoms with Gasteiger partial charge in [0.1, 0.15) is 6.04 Å². The molecule has 11 heavy (non-hydrogen) atoms. The summed E-state index contributed by atoms with van der Waals surface area (Å²) in [5.41, 5.74) is 6.22. The number of aliphatic carboxylic acids is 1. The first-order valence-electron chi connectivity index (χ1n) is 3.08. The molecule has 0 aliphatic carbocycles. The van der Waals surface area contributed by atoms with Crippen molar-refractivity contribution in [2.24, 2.45) is 5.73 Å². The van der Waals surface area contributed by atoms with Gasteiger partial charge in [-0.15, -0.1) is 23.5 Å². The van der Waals surface area contributed by atoms with Gasteiger partial charge in [-0.3, -0.25) is 4.79 Å². The highest BCUT2D eigenvalue weighted by Crippen LogP contribution is 2.25.